The summed E-state index contributed by atoms with van der Waals surface area (Å²) in [5.41, 5.74) is -0.591. The van der Waals surface area contributed by atoms with Crippen molar-refractivity contribution < 1.29 is 32.1 Å². The molecule has 8 heteroatoms. The van der Waals surface area contributed by atoms with Gasteiger partial charge in [0.1, 0.15) is 0 Å². The number of aliphatic hydroxyl groups is 1. The minimum absolute atomic E-state index is 0.341. The minimum Gasteiger partial charge on any atom is -0.431 e. The number of benzene rings is 1. The van der Waals surface area contributed by atoms with Gasteiger partial charge in [-0.2, -0.15) is 22.8 Å². The average molecular weight is 333 g/mol. The number of hydrogen-bond acceptors (Lipinski definition) is 4. The van der Waals surface area contributed by atoms with Crippen molar-refractivity contribution in [1.29, 1.82) is 5.26 Å². The van der Waals surface area contributed by atoms with E-state index in [2.05, 4.69) is 15.5 Å². The molecule has 1 N–H and O–H groups in total. The zero-order valence-electron chi connectivity index (χ0n) is 12.0. The largest absolute Gasteiger partial charge is 0.431 e. The van der Waals surface area contributed by atoms with Crippen molar-refractivity contribution in [1.82, 2.24) is 0 Å². The molecule has 126 valence electrons. The van der Waals surface area contributed by atoms with Crippen molar-refractivity contribution in [3.05, 3.63) is 23.8 Å². The third-order valence-electron chi connectivity index (χ3n) is 3.95. The lowest BCUT2D eigenvalue weighted by Crippen LogP contribution is -2.32. The molecule has 0 atom stereocenters. The third-order valence-corrected chi connectivity index (χ3v) is 3.95. The van der Waals surface area contributed by atoms with E-state index in [0.29, 0.717) is 31.2 Å². The fraction of sp³-hybridized carbons (Fsp3) is 0.533. The van der Waals surface area contributed by atoms with Crippen LogP contribution in [0.25, 0.3) is 0 Å². The summed E-state index contributed by atoms with van der Waals surface area (Å²) >= 11 is 0. The Morgan fingerprint density at radius 3 is 2.17 bits per heavy atom. The maximum atomic E-state index is 12.5. The Morgan fingerprint density at radius 1 is 1.09 bits per heavy atom. The van der Waals surface area contributed by atoms with Crippen LogP contribution in [0.4, 0.5) is 17.6 Å². The van der Waals surface area contributed by atoms with Crippen molar-refractivity contribution in [3.63, 3.8) is 0 Å². The number of ether oxygens (including phenoxy) is 2. The van der Waals surface area contributed by atoms with Gasteiger partial charge in [0, 0.05) is 0 Å². The molecule has 0 aliphatic heterocycles. The Bertz CT molecular complexity index is 581. The topological polar surface area (TPSA) is 62.5 Å². The lowest BCUT2D eigenvalue weighted by Gasteiger charge is -2.33. The monoisotopic (exact) mass is 333 g/mol. The predicted molar refractivity (Wildman–Crippen MR) is 71.5 cm³/mol. The summed E-state index contributed by atoms with van der Waals surface area (Å²) in [7, 11) is 0. The number of nitrogens with zero attached hydrogens (tertiary/aromatic N) is 1. The van der Waals surface area contributed by atoms with Gasteiger partial charge in [0.2, 0.25) is 0 Å². The second-order valence-electron chi connectivity index (χ2n) is 5.34. The first-order valence-electron chi connectivity index (χ1n) is 7.00. The zero-order valence-corrected chi connectivity index (χ0v) is 12.0. The standard InChI is InChI=1S/C15H15F4NO3/c16-13(17)22-11-2-1-9(7-12(11)23-14(18)19)15(8-20)5-3-10(21)4-6-15/h1-2,7,10,13-14,21H,3-6H2/t10-,15+. The quantitative estimate of drug-likeness (QED) is 0.837. The van der Waals surface area contributed by atoms with Crippen LogP contribution in [0.5, 0.6) is 11.5 Å². The van der Waals surface area contributed by atoms with E-state index in [9.17, 15) is 27.9 Å². The number of halogens is 4. The summed E-state index contributed by atoms with van der Waals surface area (Å²) in [5.74, 6) is -1.06. The summed E-state index contributed by atoms with van der Waals surface area (Å²) in [5, 5.41) is 19.1. The summed E-state index contributed by atoms with van der Waals surface area (Å²) in [6.45, 7) is -6.40. The molecule has 0 radical (unpaired) electrons. The molecule has 0 aromatic heterocycles. The molecule has 23 heavy (non-hydrogen) atoms. The molecule has 0 saturated heterocycles. The van der Waals surface area contributed by atoms with Gasteiger partial charge in [0.25, 0.3) is 0 Å². The lowest BCUT2D eigenvalue weighted by molar-refractivity contribution is -0.0693. The van der Waals surface area contributed by atoms with E-state index in [-0.39, 0.29) is 0 Å². The molecule has 1 fully saturated rings. The molecule has 0 unspecified atom stereocenters. The van der Waals surface area contributed by atoms with E-state index in [1.54, 1.807) is 0 Å². The first-order chi connectivity index (χ1) is 10.9. The summed E-state index contributed by atoms with van der Waals surface area (Å²) in [4.78, 5) is 0. The number of nitriles is 1. The molecule has 0 heterocycles. The fourth-order valence-electron chi connectivity index (χ4n) is 2.75. The van der Waals surface area contributed by atoms with Gasteiger partial charge in [-0.05, 0) is 43.4 Å². The maximum absolute atomic E-state index is 12.5. The molecule has 1 aromatic carbocycles. The summed E-state index contributed by atoms with van der Waals surface area (Å²) < 4.78 is 58.0. The zero-order chi connectivity index (χ0) is 17.0. The SMILES string of the molecule is N#C[C@]1(c2ccc(OC(F)F)c(OC(F)F)c2)CC[C@@H](O)CC1. The fourth-order valence-corrected chi connectivity index (χ4v) is 2.75. The van der Waals surface area contributed by atoms with Crippen molar-refractivity contribution in [2.45, 2.75) is 50.4 Å². The third kappa shape index (κ3) is 4.05. The highest BCUT2D eigenvalue weighted by atomic mass is 19.3. The van der Waals surface area contributed by atoms with Crippen molar-refractivity contribution in [2.24, 2.45) is 0 Å². The predicted octanol–water partition coefficient (Wildman–Crippen LogP) is 3.59. The maximum Gasteiger partial charge on any atom is 0.387 e. The van der Waals surface area contributed by atoms with Gasteiger partial charge >= 0.3 is 13.2 Å². The second-order valence-corrected chi connectivity index (χ2v) is 5.34. The number of alkyl halides is 4. The van der Waals surface area contributed by atoms with Crippen LogP contribution in [0, 0.1) is 11.3 Å². The van der Waals surface area contributed by atoms with Crippen molar-refractivity contribution in [3.8, 4) is 17.6 Å². The van der Waals surface area contributed by atoms with Crippen LogP contribution in [0.1, 0.15) is 31.2 Å². The highest BCUT2D eigenvalue weighted by Gasteiger charge is 2.37. The van der Waals surface area contributed by atoms with Crippen LogP contribution >= 0.6 is 0 Å². The van der Waals surface area contributed by atoms with E-state index < -0.39 is 36.2 Å². The normalized spacial score (nSPS) is 24.5. The van der Waals surface area contributed by atoms with Crippen LogP contribution in [0.3, 0.4) is 0 Å². The molecular weight excluding hydrogens is 318 g/mol. The summed E-state index contributed by atoms with van der Waals surface area (Å²) in [6, 6.07) is 5.75. The highest BCUT2D eigenvalue weighted by Crippen LogP contribution is 2.42. The van der Waals surface area contributed by atoms with Gasteiger partial charge in [-0.1, -0.05) is 6.07 Å². The van der Waals surface area contributed by atoms with E-state index in [1.807, 2.05) is 0 Å². The average Bonchev–Trinajstić information content (AvgIpc) is 2.49. The molecule has 0 amide bonds. The molecular formula is C15H15F4NO3. The second kappa shape index (κ2) is 7.04. The van der Waals surface area contributed by atoms with Gasteiger partial charge in [0.05, 0.1) is 17.6 Å². The van der Waals surface area contributed by atoms with Gasteiger partial charge in [-0.15, -0.1) is 0 Å². The van der Waals surface area contributed by atoms with Crippen LogP contribution < -0.4 is 9.47 Å². The van der Waals surface area contributed by atoms with Crippen LogP contribution in [0.15, 0.2) is 18.2 Å². The Balaban J connectivity index is 2.37. The molecule has 0 bridgehead atoms. The molecule has 1 aliphatic carbocycles. The molecule has 1 saturated carbocycles. The molecule has 4 nitrogen and oxygen atoms in total. The van der Waals surface area contributed by atoms with Gasteiger partial charge in [0.15, 0.2) is 11.5 Å². The van der Waals surface area contributed by atoms with Gasteiger partial charge in [-0.3, -0.25) is 0 Å². The first-order valence-corrected chi connectivity index (χ1v) is 7.00. The number of hydrogen-bond donors (Lipinski definition) is 1. The molecule has 2 rings (SSSR count). The smallest absolute Gasteiger partial charge is 0.387 e. The Morgan fingerprint density at radius 2 is 1.65 bits per heavy atom. The van der Waals surface area contributed by atoms with E-state index >= 15 is 0 Å². The van der Waals surface area contributed by atoms with Crippen molar-refractivity contribution >= 4 is 0 Å². The van der Waals surface area contributed by atoms with Crippen LogP contribution in [-0.4, -0.2) is 24.4 Å². The van der Waals surface area contributed by atoms with E-state index in [4.69, 9.17) is 0 Å². The molecule has 1 aromatic rings. The Hall–Kier alpha value is -2.01. The van der Waals surface area contributed by atoms with E-state index in [0.717, 1.165) is 12.1 Å². The van der Waals surface area contributed by atoms with Crippen molar-refractivity contribution in [2.75, 3.05) is 0 Å². The minimum atomic E-state index is -3.21. The lowest BCUT2D eigenvalue weighted by atomic mass is 9.70. The summed E-state index contributed by atoms with van der Waals surface area (Å²) in [6.07, 6.45) is 0.971. The number of aliphatic hydroxyl groups excluding tert-OH is 1. The van der Waals surface area contributed by atoms with Gasteiger partial charge < -0.3 is 14.6 Å². The number of rotatable bonds is 5. The molecule has 0 spiro atoms. The van der Waals surface area contributed by atoms with Crippen LogP contribution in [0.2, 0.25) is 0 Å². The highest BCUT2D eigenvalue weighted by molar-refractivity contribution is 5.47. The molecule has 1 aliphatic rings. The Labute approximate surface area is 130 Å². The van der Waals surface area contributed by atoms with Gasteiger partial charge in [-0.25, -0.2) is 0 Å². The van der Waals surface area contributed by atoms with E-state index in [1.165, 1.54) is 6.07 Å². The Kier molecular flexibility index (Phi) is 5.31. The van der Waals surface area contributed by atoms with Crippen LogP contribution in [-0.2, 0) is 5.41 Å². The first kappa shape index (κ1) is 17.3.